The average Bonchev–Trinajstić information content (AvgIpc) is 2.76. The number of benzene rings is 2. The van der Waals surface area contributed by atoms with Gasteiger partial charge in [0.25, 0.3) is 0 Å². The van der Waals surface area contributed by atoms with Gasteiger partial charge in [0, 0.05) is 6.54 Å². The van der Waals surface area contributed by atoms with Crippen molar-refractivity contribution in [3.63, 3.8) is 0 Å². The van der Waals surface area contributed by atoms with Gasteiger partial charge in [0.05, 0.1) is 7.11 Å². The Morgan fingerprint density at radius 1 is 1.00 bits per heavy atom. The maximum atomic E-state index is 13.4. The Morgan fingerprint density at radius 2 is 1.53 bits per heavy atom. The summed E-state index contributed by atoms with van der Waals surface area (Å²) < 4.78 is 10.8. The van der Waals surface area contributed by atoms with Gasteiger partial charge in [-0.3, -0.25) is 4.90 Å². The Labute approximate surface area is 193 Å². The highest BCUT2D eigenvalue weighted by Gasteiger charge is 2.38. The van der Waals surface area contributed by atoms with Gasteiger partial charge >= 0.3 is 12.1 Å². The van der Waals surface area contributed by atoms with Crippen LogP contribution >= 0.6 is 0 Å². The van der Waals surface area contributed by atoms with Crippen molar-refractivity contribution in [3.8, 4) is 0 Å². The molecule has 0 saturated heterocycles. The fourth-order valence-electron chi connectivity index (χ4n) is 3.65. The lowest BCUT2D eigenvalue weighted by Crippen LogP contribution is -2.50. The zero-order valence-corrected chi connectivity index (χ0v) is 21.2. The maximum Gasteiger partial charge on any atom is 0.411 e. The van der Waals surface area contributed by atoms with Crippen molar-refractivity contribution in [3.05, 3.63) is 77.5 Å². The van der Waals surface area contributed by atoms with Crippen molar-refractivity contribution in [1.82, 2.24) is 4.90 Å². The Morgan fingerprint density at radius 3 is 2.00 bits per heavy atom. The summed E-state index contributed by atoms with van der Waals surface area (Å²) in [6.07, 6.45) is 1.52. The minimum atomic E-state index is -2.11. The standard InChI is InChI=1S/C26H35NO4Si/c1-8-21(32(6,7)22-17-13-10-14-18-22)19-27(25(29)31-26(2,3)4)23(24(28)30-5)20-15-11-9-12-16-20/h8-18,23H,19H2,1-7H3/b21-8-. The summed E-state index contributed by atoms with van der Waals surface area (Å²) in [5.74, 6) is -0.503. The molecule has 32 heavy (non-hydrogen) atoms. The average molecular weight is 454 g/mol. The molecular formula is C26H35NO4Si. The molecule has 0 heterocycles. The topological polar surface area (TPSA) is 55.8 Å². The van der Waals surface area contributed by atoms with Gasteiger partial charge in [-0.1, -0.05) is 90.2 Å². The number of esters is 1. The minimum absolute atomic E-state index is 0.272. The molecular weight excluding hydrogens is 418 g/mol. The fraction of sp³-hybridized carbons (Fsp3) is 0.385. The molecule has 0 saturated carbocycles. The van der Waals surface area contributed by atoms with Crippen molar-refractivity contribution < 1.29 is 19.1 Å². The van der Waals surface area contributed by atoms with Crippen LogP contribution in [0.4, 0.5) is 4.79 Å². The number of carbonyl (C=O) groups is 2. The second kappa shape index (κ2) is 10.6. The van der Waals surface area contributed by atoms with E-state index in [0.29, 0.717) is 5.56 Å². The SMILES string of the molecule is C/C=C(/CN(C(=O)OC(C)(C)C)C(C(=O)OC)c1ccccc1)[Si](C)(C)c1ccccc1. The first kappa shape index (κ1) is 25.4. The number of carbonyl (C=O) groups excluding carboxylic acids is 2. The summed E-state index contributed by atoms with van der Waals surface area (Å²) >= 11 is 0. The van der Waals surface area contributed by atoms with Crippen LogP contribution in [0.2, 0.25) is 13.1 Å². The third-order valence-corrected chi connectivity index (χ3v) is 9.30. The molecule has 172 valence electrons. The number of hydrogen-bond donors (Lipinski definition) is 0. The molecule has 0 aliphatic heterocycles. The molecule has 0 radical (unpaired) electrons. The van der Waals surface area contributed by atoms with Crippen LogP contribution in [0.5, 0.6) is 0 Å². The lowest BCUT2D eigenvalue weighted by atomic mass is 10.1. The van der Waals surface area contributed by atoms with Crippen molar-refractivity contribution >= 4 is 25.3 Å². The molecule has 0 fully saturated rings. The van der Waals surface area contributed by atoms with E-state index in [-0.39, 0.29) is 6.54 Å². The van der Waals surface area contributed by atoms with Crippen LogP contribution in [0, 0.1) is 0 Å². The fourth-order valence-corrected chi connectivity index (χ4v) is 6.33. The van der Waals surface area contributed by atoms with Crippen molar-refractivity contribution in [2.75, 3.05) is 13.7 Å². The molecule has 0 spiro atoms. The molecule has 0 N–H and O–H groups in total. The molecule has 0 aliphatic rings. The van der Waals surface area contributed by atoms with Gasteiger partial charge in [-0.2, -0.15) is 0 Å². The van der Waals surface area contributed by atoms with Gasteiger partial charge in [-0.25, -0.2) is 9.59 Å². The van der Waals surface area contributed by atoms with Crippen LogP contribution in [-0.4, -0.2) is 44.3 Å². The third-order valence-electron chi connectivity index (χ3n) is 5.47. The highest BCUT2D eigenvalue weighted by Crippen LogP contribution is 2.28. The Kier molecular flexibility index (Phi) is 8.44. The van der Waals surface area contributed by atoms with Gasteiger partial charge in [0.1, 0.15) is 13.7 Å². The molecule has 2 rings (SSSR count). The third kappa shape index (κ3) is 6.33. The molecule has 0 bridgehead atoms. The number of amides is 1. The molecule has 6 heteroatoms. The number of rotatable bonds is 7. The monoisotopic (exact) mass is 453 g/mol. The first-order valence-electron chi connectivity index (χ1n) is 10.8. The lowest BCUT2D eigenvalue weighted by Gasteiger charge is -2.36. The van der Waals surface area contributed by atoms with Crippen molar-refractivity contribution in [2.45, 2.75) is 52.4 Å². The molecule has 5 nitrogen and oxygen atoms in total. The van der Waals surface area contributed by atoms with E-state index in [1.807, 2.05) is 76.2 Å². The normalized spacial score (nSPS) is 13.3. The van der Waals surface area contributed by atoms with E-state index in [1.54, 1.807) is 0 Å². The highest BCUT2D eigenvalue weighted by atomic mass is 28.3. The van der Waals surface area contributed by atoms with Gasteiger partial charge in [-0.05, 0) is 33.3 Å². The largest absolute Gasteiger partial charge is 0.467 e. The Bertz CT molecular complexity index is 933. The molecule has 1 atom stereocenters. The minimum Gasteiger partial charge on any atom is -0.467 e. The smallest absolute Gasteiger partial charge is 0.411 e. The van der Waals surface area contributed by atoms with Crippen LogP contribution in [0.25, 0.3) is 0 Å². The summed E-state index contributed by atoms with van der Waals surface area (Å²) in [4.78, 5) is 27.8. The predicted octanol–water partition coefficient (Wildman–Crippen LogP) is 5.24. The maximum absolute atomic E-state index is 13.4. The number of nitrogens with zero attached hydrogens (tertiary/aromatic N) is 1. The van der Waals surface area contributed by atoms with Crippen LogP contribution in [-0.2, 0) is 14.3 Å². The molecule has 0 aliphatic carbocycles. The van der Waals surface area contributed by atoms with E-state index < -0.39 is 31.8 Å². The van der Waals surface area contributed by atoms with Crippen LogP contribution < -0.4 is 5.19 Å². The molecule has 2 aromatic rings. The van der Waals surface area contributed by atoms with Crippen molar-refractivity contribution in [2.24, 2.45) is 0 Å². The summed E-state index contributed by atoms with van der Waals surface area (Å²) in [6, 6.07) is 18.6. The van der Waals surface area contributed by atoms with Crippen LogP contribution in [0.1, 0.15) is 39.3 Å². The van der Waals surface area contributed by atoms with E-state index >= 15 is 0 Å². The zero-order chi connectivity index (χ0) is 23.9. The van der Waals surface area contributed by atoms with E-state index in [9.17, 15) is 9.59 Å². The summed E-state index contributed by atoms with van der Waals surface area (Å²) in [5.41, 5.74) is -0.0188. The van der Waals surface area contributed by atoms with Gasteiger partial charge in [0.2, 0.25) is 0 Å². The van der Waals surface area contributed by atoms with Crippen molar-refractivity contribution in [1.29, 1.82) is 0 Å². The van der Waals surface area contributed by atoms with E-state index in [2.05, 4.69) is 31.3 Å². The van der Waals surface area contributed by atoms with E-state index in [4.69, 9.17) is 9.47 Å². The van der Waals surface area contributed by atoms with Gasteiger partial charge < -0.3 is 9.47 Å². The first-order chi connectivity index (χ1) is 15.0. The summed E-state index contributed by atoms with van der Waals surface area (Å²) in [7, 11) is -0.770. The number of allylic oxidation sites excluding steroid dienone is 1. The summed E-state index contributed by atoms with van der Waals surface area (Å²) in [6.45, 7) is 12.2. The quantitative estimate of drug-likeness (QED) is 0.425. The van der Waals surface area contributed by atoms with Gasteiger partial charge in [-0.15, -0.1) is 0 Å². The van der Waals surface area contributed by atoms with Gasteiger partial charge in [0.15, 0.2) is 6.04 Å². The lowest BCUT2D eigenvalue weighted by molar-refractivity contribution is -0.147. The number of methoxy groups -OCH3 is 1. The Balaban J connectivity index is 2.55. The molecule has 1 unspecified atom stereocenters. The molecule has 2 aromatic carbocycles. The highest BCUT2D eigenvalue weighted by molar-refractivity contribution is 6.95. The predicted molar refractivity (Wildman–Crippen MR) is 131 cm³/mol. The van der Waals surface area contributed by atoms with E-state index in [1.165, 1.54) is 17.2 Å². The number of ether oxygens (including phenoxy) is 2. The zero-order valence-electron chi connectivity index (χ0n) is 20.2. The van der Waals surface area contributed by atoms with E-state index in [0.717, 1.165) is 5.20 Å². The first-order valence-corrected chi connectivity index (χ1v) is 13.8. The number of hydrogen-bond acceptors (Lipinski definition) is 4. The second-order valence-electron chi connectivity index (χ2n) is 9.25. The second-order valence-corrected chi connectivity index (χ2v) is 13.7. The molecule has 0 aromatic heterocycles. The summed E-state index contributed by atoms with van der Waals surface area (Å²) in [5, 5.41) is 2.38. The Hall–Kier alpha value is -2.86. The molecule has 1 amide bonds. The van der Waals surface area contributed by atoms with Crippen LogP contribution in [0.15, 0.2) is 71.9 Å². The van der Waals surface area contributed by atoms with Crippen LogP contribution in [0.3, 0.4) is 0 Å².